The van der Waals surface area contributed by atoms with Crippen LogP contribution in [0.25, 0.3) is 0 Å². The van der Waals surface area contributed by atoms with Crippen LogP contribution in [0.15, 0.2) is 18.2 Å². The molecule has 0 radical (unpaired) electrons. The number of carbonyl (C=O) groups is 1. The van der Waals surface area contributed by atoms with Crippen LogP contribution in [-0.4, -0.2) is 12.0 Å². The maximum Gasteiger partial charge on any atom is 0.238 e. The zero-order valence-corrected chi connectivity index (χ0v) is 10.5. The van der Waals surface area contributed by atoms with Gasteiger partial charge in [-0.3, -0.25) is 4.79 Å². The molecule has 2 rings (SSSR count). The fourth-order valence-electron chi connectivity index (χ4n) is 2.15. The minimum atomic E-state index is -0.468. The Morgan fingerprint density at radius 2 is 2.21 bits per heavy atom. The van der Waals surface area contributed by atoms with E-state index in [1.807, 2.05) is 0 Å². The number of anilines is 1. The second kappa shape index (κ2) is 6.19. The van der Waals surface area contributed by atoms with Gasteiger partial charge in [-0.15, -0.1) is 0 Å². The Morgan fingerprint density at radius 1 is 1.47 bits per heavy atom. The third-order valence-electron chi connectivity index (χ3n) is 3.05. The Hall–Kier alpha value is -2.09. The molecule has 1 N–H and O–H groups in total. The molecule has 0 aliphatic heterocycles. The van der Waals surface area contributed by atoms with Gasteiger partial charge in [0.1, 0.15) is 18.0 Å². The Bertz CT molecular complexity index is 505. The molecule has 0 atom stereocenters. The Balaban J connectivity index is 2.12. The molecule has 0 bridgehead atoms. The number of benzene rings is 1. The summed E-state index contributed by atoms with van der Waals surface area (Å²) in [6.07, 6.45) is 4.06. The van der Waals surface area contributed by atoms with Crippen molar-refractivity contribution in [3.05, 3.63) is 24.0 Å². The number of hydrogen-bond acceptors (Lipinski definition) is 3. The van der Waals surface area contributed by atoms with Crippen molar-refractivity contribution >= 4 is 11.6 Å². The molecule has 1 saturated carbocycles. The molecule has 0 unspecified atom stereocenters. The molecule has 1 aliphatic rings. The average molecular weight is 262 g/mol. The number of nitriles is 1. The number of nitrogens with zero attached hydrogens (tertiary/aromatic N) is 1. The third-order valence-corrected chi connectivity index (χ3v) is 3.05. The molecule has 1 amide bonds. The maximum atomic E-state index is 13.2. The smallest absolute Gasteiger partial charge is 0.238 e. The monoisotopic (exact) mass is 262 g/mol. The summed E-state index contributed by atoms with van der Waals surface area (Å²) in [5.41, 5.74) is 0.284. The highest BCUT2D eigenvalue weighted by molar-refractivity contribution is 5.93. The molecule has 4 nitrogen and oxygen atoms in total. The molecule has 19 heavy (non-hydrogen) atoms. The zero-order chi connectivity index (χ0) is 13.7. The van der Waals surface area contributed by atoms with Gasteiger partial charge < -0.3 is 10.1 Å². The van der Waals surface area contributed by atoms with E-state index in [0.717, 1.165) is 25.7 Å². The van der Waals surface area contributed by atoms with E-state index in [4.69, 9.17) is 10.00 Å². The van der Waals surface area contributed by atoms with Crippen LogP contribution in [0.2, 0.25) is 0 Å². The lowest BCUT2D eigenvalue weighted by Gasteiger charge is -2.16. The summed E-state index contributed by atoms with van der Waals surface area (Å²) in [7, 11) is 0. The lowest BCUT2D eigenvalue weighted by Crippen LogP contribution is -2.15. The van der Waals surface area contributed by atoms with E-state index in [1.165, 1.54) is 18.2 Å². The Labute approximate surface area is 111 Å². The fraction of sp³-hybridized carbons (Fsp3) is 0.429. The maximum absolute atomic E-state index is 13.2. The molecule has 0 heterocycles. The molecule has 1 aliphatic carbocycles. The highest BCUT2D eigenvalue weighted by Crippen LogP contribution is 2.30. The number of ether oxygens (including phenoxy) is 1. The zero-order valence-electron chi connectivity index (χ0n) is 10.5. The van der Waals surface area contributed by atoms with Crippen LogP contribution in [0.4, 0.5) is 10.1 Å². The number of carbonyl (C=O) groups excluding carboxylic acids is 1. The van der Waals surface area contributed by atoms with Crippen molar-refractivity contribution in [1.29, 1.82) is 5.26 Å². The number of halogens is 1. The van der Waals surface area contributed by atoms with Crippen LogP contribution < -0.4 is 10.1 Å². The average Bonchev–Trinajstić information content (AvgIpc) is 2.86. The number of hydrogen-bond donors (Lipinski definition) is 1. The quantitative estimate of drug-likeness (QED) is 0.907. The minimum Gasteiger partial charge on any atom is -0.488 e. The van der Waals surface area contributed by atoms with Gasteiger partial charge >= 0.3 is 0 Å². The van der Waals surface area contributed by atoms with Crippen molar-refractivity contribution in [2.24, 2.45) is 0 Å². The van der Waals surface area contributed by atoms with E-state index in [1.54, 1.807) is 6.07 Å². The SMILES string of the molecule is N#CCC(=O)Nc1cc(F)ccc1OC1CCCC1. The molecule has 0 saturated heterocycles. The summed E-state index contributed by atoms with van der Waals surface area (Å²) in [4.78, 5) is 11.4. The summed E-state index contributed by atoms with van der Waals surface area (Å²) in [6.45, 7) is 0. The second-order valence-electron chi connectivity index (χ2n) is 4.55. The minimum absolute atomic E-state index is 0.122. The summed E-state index contributed by atoms with van der Waals surface area (Å²) < 4.78 is 19.0. The molecule has 5 heteroatoms. The standard InChI is InChI=1S/C14H15FN2O2/c15-10-5-6-13(19-11-3-1-2-4-11)12(9-10)17-14(18)7-8-16/h5-6,9,11H,1-4,7H2,(H,17,18). The highest BCUT2D eigenvalue weighted by atomic mass is 19.1. The van der Waals surface area contributed by atoms with Crippen LogP contribution in [0.3, 0.4) is 0 Å². The van der Waals surface area contributed by atoms with Gasteiger partial charge in [0.2, 0.25) is 5.91 Å². The summed E-state index contributed by atoms with van der Waals surface area (Å²) >= 11 is 0. The first-order chi connectivity index (χ1) is 9.19. The first-order valence-corrected chi connectivity index (χ1v) is 6.32. The van der Waals surface area contributed by atoms with E-state index in [9.17, 15) is 9.18 Å². The van der Waals surface area contributed by atoms with Crippen LogP contribution in [0.5, 0.6) is 5.75 Å². The van der Waals surface area contributed by atoms with Gasteiger partial charge in [-0.2, -0.15) is 5.26 Å². The molecule has 0 aromatic heterocycles. The molecule has 0 spiro atoms. The van der Waals surface area contributed by atoms with Gasteiger partial charge in [-0.1, -0.05) is 0 Å². The van der Waals surface area contributed by atoms with E-state index in [0.29, 0.717) is 5.75 Å². The van der Waals surface area contributed by atoms with Gasteiger partial charge in [0, 0.05) is 6.07 Å². The van der Waals surface area contributed by atoms with E-state index < -0.39 is 11.7 Å². The normalized spacial score (nSPS) is 14.9. The predicted molar refractivity (Wildman–Crippen MR) is 68.1 cm³/mol. The van der Waals surface area contributed by atoms with Crippen LogP contribution >= 0.6 is 0 Å². The molecule has 1 aromatic rings. The van der Waals surface area contributed by atoms with Gasteiger partial charge in [0.15, 0.2) is 0 Å². The summed E-state index contributed by atoms with van der Waals surface area (Å²) in [5.74, 6) is -0.463. The van der Waals surface area contributed by atoms with Gasteiger partial charge in [0.25, 0.3) is 0 Å². The summed E-state index contributed by atoms with van der Waals surface area (Å²) in [6, 6.07) is 5.76. The van der Waals surface area contributed by atoms with Crippen LogP contribution in [0.1, 0.15) is 32.1 Å². The highest BCUT2D eigenvalue weighted by Gasteiger charge is 2.18. The lowest BCUT2D eigenvalue weighted by molar-refractivity contribution is -0.115. The molecular formula is C14H15FN2O2. The first kappa shape index (κ1) is 13.3. The van der Waals surface area contributed by atoms with Crippen molar-refractivity contribution < 1.29 is 13.9 Å². The van der Waals surface area contributed by atoms with Gasteiger partial charge in [-0.25, -0.2) is 4.39 Å². The fourth-order valence-corrected chi connectivity index (χ4v) is 2.15. The van der Waals surface area contributed by atoms with Gasteiger partial charge in [0.05, 0.1) is 17.9 Å². The largest absolute Gasteiger partial charge is 0.488 e. The van der Waals surface area contributed by atoms with Crippen molar-refractivity contribution in [2.75, 3.05) is 5.32 Å². The molecule has 1 aromatic carbocycles. The van der Waals surface area contributed by atoms with E-state index in [-0.39, 0.29) is 18.2 Å². The van der Waals surface area contributed by atoms with Crippen LogP contribution in [-0.2, 0) is 4.79 Å². The summed E-state index contributed by atoms with van der Waals surface area (Å²) in [5, 5.41) is 11.0. The first-order valence-electron chi connectivity index (χ1n) is 6.32. The Kier molecular flexibility index (Phi) is 4.35. The molecular weight excluding hydrogens is 247 g/mol. The number of amides is 1. The van der Waals surface area contributed by atoms with E-state index in [2.05, 4.69) is 5.32 Å². The van der Waals surface area contributed by atoms with Crippen molar-refractivity contribution in [3.8, 4) is 11.8 Å². The number of rotatable bonds is 4. The third kappa shape index (κ3) is 3.68. The second-order valence-corrected chi connectivity index (χ2v) is 4.55. The topological polar surface area (TPSA) is 62.1 Å². The van der Waals surface area contributed by atoms with Crippen molar-refractivity contribution in [2.45, 2.75) is 38.2 Å². The number of nitrogens with one attached hydrogen (secondary N) is 1. The van der Waals surface area contributed by atoms with Crippen molar-refractivity contribution in [3.63, 3.8) is 0 Å². The molecule has 1 fully saturated rings. The van der Waals surface area contributed by atoms with Crippen molar-refractivity contribution in [1.82, 2.24) is 0 Å². The Morgan fingerprint density at radius 3 is 2.89 bits per heavy atom. The predicted octanol–water partition coefficient (Wildman–Crippen LogP) is 3.00. The molecule has 100 valence electrons. The van der Waals surface area contributed by atoms with Gasteiger partial charge in [-0.05, 0) is 37.8 Å². The van der Waals surface area contributed by atoms with Crippen LogP contribution in [0, 0.1) is 17.1 Å². The lowest BCUT2D eigenvalue weighted by atomic mass is 10.2. The van der Waals surface area contributed by atoms with E-state index >= 15 is 0 Å².